The van der Waals surface area contributed by atoms with Crippen LogP contribution in [0.15, 0.2) is 18.2 Å². The van der Waals surface area contributed by atoms with Crippen LogP contribution in [0.3, 0.4) is 0 Å². The molecule has 2 rings (SSSR count). The fourth-order valence-electron chi connectivity index (χ4n) is 1.74. The SMILES string of the molecule is O=C(Cc1c(F)cccc1F)NCC1(CCl)CC1. The van der Waals surface area contributed by atoms with Gasteiger partial charge in [0, 0.05) is 23.4 Å². The average Bonchev–Trinajstić information content (AvgIpc) is 3.12. The fourth-order valence-corrected chi connectivity index (χ4v) is 2.11. The lowest BCUT2D eigenvalue weighted by Gasteiger charge is -2.12. The van der Waals surface area contributed by atoms with Crippen molar-refractivity contribution in [1.82, 2.24) is 5.32 Å². The zero-order valence-corrected chi connectivity index (χ0v) is 10.6. The number of amides is 1. The molecular formula is C13H14ClF2NO. The Hall–Kier alpha value is -1.16. The quantitative estimate of drug-likeness (QED) is 0.821. The number of benzene rings is 1. The Morgan fingerprint density at radius 2 is 1.94 bits per heavy atom. The summed E-state index contributed by atoms with van der Waals surface area (Å²) in [5, 5.41) is 2.68. The fraction of sp³-hybridized carbons (Fsp3) is 0.462. The summed E-state index contributed by atoms with van der Waals surface area (Å²) >= 11 is 5.78. The van der Waals surface area contributed by atoms with Crippen LogP contribution < -0.4 is 5.32 Å². The van der Waals surface area contributed by atoms with Crippen molar-refractivity contribution in [3.63, 3.8) is 0 Å². The number of halogens is 3. The van der Waals surface area contributed by atoms with E-state index in [0.29, 0.717) is 12.4 Å². The van der Waals surface area contributed by atoms with Crippen molar-refractivity contribution >= 4 is 17.5 Å². The Morgan fingerprint density at radius 1 is 1.33 bits per heavy atom. The van der Waals surface area contributed by atoms with Gasteiger partial charge in [-0.3, -0.25) is 4.79 Å². The van der Waals surface area contributed by atoms with E-state index in [0.717, 1.165) is 25.0 Å². The Bertz CT molecular complexity index is 440. The van der Waals surface area contributed by atoms with Gasteiger partial charge in [0.15, 0.2) is 0 Å². The van der Waals surface area contributed by atoms with Gasteiger partial charge >= 0.3 is 0 Å². The van der Waals surface area contributed by atoms with Crippen LogP contribution in [0.1, 0.15) is 18.4 Å². The summed E-state index contributed by atoms with van der Waals surface area (Å²) in [5.74, 6) is -1.26. The summed E-state index contributed by atoms with van der Waals surface area (Å²) in [6, 6.07) is 3.57. The summed E-state index contributed by atoms with van der Waals surface area (Å²) in [6.07, 6.45) is 1.70. The smallest absolute Gasteiger partial charge is 0.224 e. The Balaban J connectivity index is 1.91. The molecule has 0 aliphatic heterocycles. The molecule has 0 saturated heterocycles. The van der Waals surface area contributed by atoms with E-state index in [2.05, 4.69) is 5.32 Å². The summed E-state index contributed by atoms with van der Waals surface area (Å²) in [5.41, 5.74) is -0.184. The molecule has 1 aromatic carbocycles. The van der Waals surface area contributed by atoms with E-state index < -0.39 is 11.6 Å². The van der Waals surface area contributed by atoms with Crippen LogP contribution in [0.4, 0.5) is 8.78 Å². The first-order valence-corrected chi connectivity index (χ1v) is 6.35. The van der Waals surface area contributed by atoms with Crippen molar-refractivity contribution in [2.24, 2.45) is 5.41 Å². The summed E-state index contributed by atoms with van der Waals surface area (Å²) < 4.78 is 26.6. The predicted octanol–water partition coefficient (Wildman–Crippen LogP) is 2.64. The third-order valence-electron chi connectivity index (χ3n) is 3.30. The third kappa shape index (κ3) is 2.99. The molecule has 5 heteroatoms. The van der Waals surface area contributed by atoms with E-state index in [1.165, 1.54) is 6.07 Å². The van der Waals surface area contributed by atoms with E-state index in [1.54, 1.807) is 0 Å². The zero-order chi connectivity index (χ0) is 13.2. The second-order valence-corrected chi connectivity index (χ2v) is 5.05. The van der Waals surface area contributed by atoms with Gasteiger partial charge in [-0.25, -0.2) is 8.78 Å². The molecule has 2 nitrogen and oxygen atoms in total. The molecule has 0 radical (unpaired) electrons. The number of hydrogen-bond donors (Lipinski definition) is 1. The molecule has 1 aromatic rings. The first kappa shape index (κ1) is 13.3. The van der Waals surface area contributed by atoms with Gasteiger partial charge in [-0.2, -0.15) is 0 Å². The molecule has 18 heavy (non-hydrogen) atoms. The van der Waals surface area contributed by atoms with Crippen LogP contribution in [0, 0.1) is 17.0 Å². The van der Waals surface area contributed by atoms with Gasteiger partial charge in [0.05, 0.1) is 6.42 Å². The van der Waals surface area contributed by atoms with E-state index in [4.69, 9.17) is 11.6 Å². The van der Waals surface area contributed by atoms with Gasteiger partial charge in [-0.1, -0.05) is 6.07 Å². The number of carbonyl (C=O) groups is 1. The molecule has 1 saturated carbocycles. The first-order chi connectivity index (χ1) is 8.56. The average molecular weight is 274 g/mol. The molecule has 0 atom stereocenters. The van der Waals surface area contributed by atoms with Crippen molar-refractivity contribution in [3.05, 3.63) is 35.4 Å². The second-order valence-electron chi connectivity index (χ2n) is 4.79. The second kappa shape index (κ2) is 5.22. The van der Waals surface area contributed by atoms with Gasteiger partial charge in [0.25, 0.3) is 0 Å². The van der Waals surface area contributed by atoms with E-state index in [-0.39, 0.29) is 23.3 Å². The van der Waals surface area contributed by atoms with Crippen molar-refractivity contribution in [2.45, 2.75) is 19.3 Å². The highest BCUT2D eigenvalue weighted by Gasteiger charge is 2.41. The lowest BCUT2D eigenvalue weighted by Crippen LogP contribution is -2.32. The maximum Gasteiger partial charge on any atom is 0.224 e. The lowest BCUT2D eigenvalue weighted by molar-refractivity contribution is -0.120. The Labute approximate surface area is 109 Å². The zero-order valence-electron chi connectivity index (χ0n) is 9.81. The molecule has 0 heterocycles. The van der Waals surface area contributed by atoms with Crippen molar-refractivity contribution in [2.75, 3.05) is 12.4 Å². The monoisotopic (exact) mass is 273 g/mol. The number of rotatable bonds is 5. The maximum absolute atomic E-state index is 13.3. The van der Waals surface area contributed by atoms with Crippen LogP contribution in [-0.4, -0.2) is 18.3 Å². The first-order valence-electron chi connectivity index (χ1n) is 5.82. The standard InChI is InChI=1S/C13H14ClF2NO/c14-7-13(4-5-13)8-17-12(18)6-9-10(15)2-1-3-11(9)16/h1-3H,4-8H2,(H,17,18). The van der Waals surface area contributed by atoms with Gasteiger partial charge in [-0.15, -0.1) is 11.6 Å². The van der Waals surface area contributed by atoms with Gasteiger partial charge in [0.2, 0.25) is 5.91 Å². The minimum atomic E-state index is -0.691. The molecule has 98 valence electrons. The van der Waals surface area contributed by atoms with Crippen LogP contribution in [0.5, 0.6) is 0 Å². The number of alkyl halides is 1. The largest absolute Gasteiger partial charge is 0.355 e. The Kier molecular flexibility index (Phi) is 3.85. The summed E-state index contributed by atoms with van der Waals surface area (Å²) in [7, 11) is 0. The molecule has 0 unspecified atom stereocenters. The third-order valence-corrected chi connectivity index (χ3v) is 3.87. The minimum absolute atomic E-state index is 0.00495. The number of nitrogens with one attached hydrogen (secondary N) is 1. The summed E-state index contributed by atoms with van der Waals surface area (Å²) in [6.45, 7) is 0.478. The van der Waals surface area contributed by atoms with Crippen LogP contribution in [0.2, 0.25) is 0 Å². The summed E-state index contributed by atoms with van der Waals surface area (Å²) in [4.78, 5) is 11.6. The highest BCUT2D eigenvalue weighted by Crippen LogP contribution is 2.45. The highest BCUT2D eigenvalue weighted by atomic mass is 35.5. The molecule has 0 spiro atoms. The number of hydrogen-bond acceptors (Lipinski definition) is 1. The highest BCUT2D eigenvalue weighted by molar-refractivity contribution is 6.18. The normalized spacial score (nSPS) is 16.4. The molecular weight excluding hydrogens is 260 g/mol. The van der Waals surface area contributed by atoms with E-state index in [9.17, 15) is 13.6 Å². The lowest BCUT2D eigenvalue weighted by atomic mass is 10.1. The molecule has 0 aromatic heterocycles. The van der Waals surface area contributed by atoms with E-state index >= 15 is 0 Å². The van der Waals surface area contributed by atoms with Crippen molar-refractivity contribution < 1.29 is 13.6 Å². The van der Waals surface area contributed by atoms with Crippen LogP contribution in [0.25, 0.3) is 0 Å². The minimum Gasteiger partial charge on any atom is -0.355 e. The predicted molar refractivity (Wildman–Crippen MR) is 65.5 cm³/mol. The van der Waals surface area contributed by atoms with Crippen molar-refractivity contribution in [1.29, 1.82) is 0 Å². The number of carbonyl (C=O) groups excluding carboxylic acids is 1. The molecule has 1 N–H and O–H groups in total. The van der Waals surface area contributed by atoms with Gasteiger partial charge < -0.3 is 5.32 Å². The molecule has 1 aliphatic carbocycles. The molecule has 1 amide bonds. The Morgan fingerprint density at radius 3 is 2.44 bits per heavy atom. The van der Waals surface area contributed by atoms with Crippen molar-refractivity contribution in [3.8, 4) is 0 Å². The van der Waals surface area contributed by atoms with Gasteiger partial charge in [-0.05, 0) is 25.0 Å². The van der Waals surface area contributed by atoms with Crippen LogP contribution in [-0.2, 0) is 11.2 Å². The molecule has 1 fully saturated rings. The topological polar surface area (TPSA) is 29.1 Å². The maximum atomic E-state index is 13.3. The van der Waals surface area contributed by atoms with Crippen LogP contribution >= 0.6 is 11.6 Å². The van der Waals surface area contributed by atoms with E-state index in [1.807, 2.05) is 0 Å². The van der Waals surface area contributed by atoms with Gasteiger partial charge in [0.1, 0.15) is 11.6 Å². The molecule has 1 aliphatic rings. The molecule has 0 bridgehead atoms.